The van der Waals surface area contributed by atoms with Crippen LogP contribution in [0, 0.1) is 25.7 Å². The molecule has 2 aliphatic carbocycles. The number of carbonyl (C=O) groups excluding carboxylic acids is 1. The van der Waals surface area contributed by atoms with Crippen molar-refractivity contribution >= 4 is 5.78 Å². The van der Waals surface area contributed by atoms with E-state index in [1.54, 1.807) is 0 Å². The molecule has 1 aromatic rings. The Bertz CT molecular complexity index is 495. The molecule has 2 fully saturated rings. The topological polar surface area (TPSA) is 25.2 Å². The van der Waals surface area contributed by atoms with Gasteiger partial charge in [-0.25, -0.2) is 0 Å². The number of ketones is 1. The van der Waals surface area contributed by atoms with Gasteiger partial charge in [0.15, 0.2) is 5.78 Å². The van der Waals surface area contributed by atoms with E-state index in [0.29, 0.717) is 12.3 Å². The third kappa shape index (κ3) is 3.14. The Balaban J connectivity index is 1.66. The number of hydrogen-bond acceptors (Lipinski definition) is 2. The van der Waals surface area contributed by atoms with Gasteiger partial charge in [0.1, 0.15) is 0 Å². The average molecular weight is 274 g/mol. The maximum absolute atomic E-state index is 12.6. The minimum Gasteiger partial charge on any atom is -0.351 e. The molecule has 0 spiro atoms. The van der Waals surface area contributed by atoms with Crippen LogP contribution in [0.5, 0.6) is 0 Å². The minimum atomic E-state index is 0.299. The molecule has 1 aromatic heterocycles. The molecular weight excluding hydrogens is 248 g/mol. The Kier molecular flexibility index (Phi) is 3.72. The van der Waals surface area contributed by atoms with Gasteiger partial charge in [0, 0.05) is 37.1 Å². The van der Waals surface area contributed by atoms with Gasteiger partial charge in [-0.3, -0.25) is 9.69 Å². The molecule has 0 amide bonds. The van der Waals surface area contributed by atoms with E-state index >= 15 is 0 Å². The van der Waals surface area contributed by atoms with Crippen molar-refractivity contribution < 1.29 is 4.79 Å². The molecule has 2 saturated carbocycles. The van der Waals surface area contributed by atoms with Gasteiger partial charge >= 0.3 is 0 Å². The van der Waals surface area contributed by atoms with Crippen LogP contribution in [0.15, 0.2) is 6.07 Å². The third-order valence-corrected chi connectivity index (χ3v) is 4.87. The molecule has 0 N–H and O–H groups in total. The second-order valence-electron chi connectivity index (χ2n) is 6.85. The van der Waals surface area contributed by atoms with Crippen molar-refractivity contribution in [2.24, 2.45) is 18.9 Å². The smallest absolute Gasteiger partial charge is 0.178 e. The first kappa shape index (κ1) is 13.9. The lowest BCUT2D eigenvalue weighted by Crippen LogP contribution is -2.33. The maximum atomic E-state index is 12.6. The Morgan fingerprint density at radius 2 is 1.75 bits per heavy atom. The molecule has 3 nitrogen and oxygen atoms in total. The van der Waals surface area contributed by atoms with Crippen LogP contribution < -0.4 is 0 Å². The van der Waals surface area contributed by atoms with E-state index in [1.165, 1.54) is 31.4 Å². The second-order valence-corrected chi connectivity index (χ2v) is 6.85. The normalized spacial score (nSPS) is 18.8. The van der Waals surface area contributed by atoms with Crippen molar-refractivity contribution in [1.82, 2.24) is 9.47 Å². The summed E-state index contributed by atoms with van der Waals surface area (Å²) in [5, 5.41) is 0. The van der Waals surface area contributed by atoms with E-state index in [2.05, 4.69) is 16.4 Å². The molecule has 3 rings (SSSR count). The molecule has 0 radical (unpaired) electrons. The van der Waals surface area contributed by atoms with E-state index in [4.69, 9.17) is 0 Å². The summed E-state index contributed by atoms with van der Waals surface area (Å²) in [6.45, 7) is 6.99. The zero-order valence-corrected chi connectivity index (χ0v) is 13.0. The van der Waals surface area contributed by atoms with Crippen LogP contribution in [-0.4, -0.2) is 34.9 Å². The first-order valence-corrected chi connectivity index (χ1v) is 7.93. The summed E-state index contributed by atoms with van der Waals surface area (Å²) in [7, 11) is 2.04. The number of hydrogen-bond donors (Lipinski definition) is 0. The lowest BCUT2D eigenvalue weighted by atomic mass is 10.1. The highest BCUT2D eigenvalue weighted by Gasteiger charge is 2.30. The van der Waals surface area contributed by atoms with Crippen molar-refractivity contribution in [3.8, 4) is 0 Å². The van der Waals surface area contributed by atoms with Gasteiger partial charge in [-0.2, -0.15) is 0 Å². The van der Waals surface area contributed by atoms with Gasteiger partial charge in [-0.15, -0.1) is 0 Å². The molecule has 1 heterocycles. The number of carbonyl (C=O) groups is 1. The number of aryl methyl sites for hydroxylation is 1. The fourth-order valence-corrected chi connectivity index (χ4v) is 2.96. The summed E-state index contributed by atoms with van der Waals surface area (Å²) in [4.78, 5) is 15.0. The predicted molar refractivity (Wildman–Crippen MR) is 81.1 cm³/mol. The molecule has 2 aliphatic rings. The van der Waals surface area contributed by atoms with Crippen molar-refractivity contribution in [2.75, 3.05) is 19.6 Å². The molecule has 0 aromatic carbocycles. The van der Waals surface area contributed by atoms with Crippen molar-refractivity contribution in [3.05, 3.63) is 23.0 Å². The average Bonchev–Trinajstić information content (AvgIpc) is 3.29. The molecular formula is C17H26N2O. The first-order valence-electron chi connectivity index (χ1n) is 7.93. The second kappa shape index (κ2) is 5.36. The molecule has 0 atom stereocenters. The summed E-state index contributed by atoms with van der Waals surface area (Å²) in [5.41, 5.74) is 3.19. The number of aromatic nitrogens is 1. The Morgan fingerprint density at radius 1 is 1.20 bits per heavy atom. The van der Waals surface area contributed by atoms with Gasteiger partial charge in [0.25, 0.3) is 0 Å². The van der Waals surface area contributed by atoms with Crippen molar-refractivity contribution in [3.63, 3.8) is 0 Å². The quantitative estimate of drug-likeness (QED) is 0.714. The summed E-state index contributed by atoms with van der Waals surface area (Å²) in [6.07, 6.45) is 5.44. The minimum absolute atomic E-state index is 0.299. The molecule has 20 heavy (non-hydrogen) atoms. The monoisotopic (exact) mass is 274 g/mol. The summed E-state index contributed by atoms with van der Waals surface area (Å²) in [5.74, 6) is 2.02. The van der Waals surface area contributed by atoms with Gasteiger partial charge in [-0.1, -0.05) is 0 Å². The van der Waals surface area contributed by atoms with Gasteiger partial charge in [0.05, 0.1) is 6.54 Å². The fourth-order valence-electron chi connectivity index (χ4n) is 2.96. The van der Waals surface area contributed by atoms with Gasteiger partial charge in [0.2, 0.25) is 0 Å². The zero-order chi connectivity index (χ0) is 14.3. The van der Waals surface area contributed by atoms with Crippen LogP contribution in [0.1, 0.15) is 47.4 Å². The predicted octanol–water partition coefficient (Wildman–Crippen LogP) is 2.95. The highest BCUT2D eigenvalue weighted by Crippen LogP contribution is 2.33. The molecule has 0 unspecified atom stereocenters. The highest BCUT2D eigenvalue weighted by atomic mass is 16.1. The Labute approximate surface area is 122 Å². The Morgan fingerprint density at radius 3 is 2.15 bits per heavy atom. The molecule has 0 saturated heterocycles. The lowest BCUT2D eigenvalue weighted by Gasteiger charge is -2.21. The van der Waals surface area contributed by atoms with Crippen LogP contribution in [0.25, 0.3) is 0 Å². The SMILES string of the molecule is Cc1cc(C(=O)CN(CC2CC2)CC2CC2)c(C)n1C. The van der Waals surface area contributed by atoms with Crippen molar-refractivity contribution in [1.29, 1.82) is 0 Å². The molecule has 110 valence electrons. The van der Waals surface area contributed by atoms with Crippen molar-refractivity contribution in [2.45, 2.75) is 39.5 Å². The van der Waals surface area contributed by atoms with Crippen LogP contribution in [0.3, 0.4) is 0 Å². The summed E-state index contributed by atoms with van der Waals surface area (Å²) < 4.78 is 2.11. The zero-order valence-electron chi connectivity index (χ0n) is 13.0. The van der Waals surface area contributed by atoms with Gasteiger partial charge in [-0.05, 0) is 57.4 Å². The fraction of sp³-hybridized carbons (Fsp3) is 0.706. The third-order valence-electron chi connectivity index (χ3n) is 4.87. The highest BCUT2D eigenvalue weighted by molar-refractivity contribution is 5.99. The standard InChI is InChI=1S/C17H26N2O/c1-12-8-16(13(2)18(12)3)17(20)11-19(9-14-4-5-14)10-15-6-7-15/h8,14-15H,4-7,9-11H2,1-3H3. The number of nitrogens with zero attached hydrogens (tertiary/aromatic N) is 2. The maximum Gasteiger partial charge on any atom is 0.178 e. The van der Waals surface area contributed by atoms with E-state index in [-0.39, 0.29) is 0 Å². The van der Waals surface area contributed by atoms with E-state index < -0.39 is 0 Å². The van der Waals surface area contributed by atoms with Crippen LogP contribution in [0.4, 0.5) is 0 Å². The van der Waals surface area contributed by atoms with E-state index in [0.717, 1.165) is 36.2 Å². The summed E-state index contributed by atoms with van der Waals surface area (Å²) >= 11 is 0. The summed E-state index contributed by atoms with van der Waals surface area (Å²) in [6, 6.07) is 2.05. The lowest BCUT2D eigenvalue weighted by molar-refractivity contribution is 0.0923. The number of rotatable bonds is 7. The van der Waals surface area contributed by atoms with Crippen LogP contribution in [0.2, 0.25) is 0 Å². The van der Waals surface area contributed by atoms with E-state index in [9.17, 15) is 4.79 Å². The Hall–Kier alpha value is -1.09. The van der Waals surface area contributed by atoms with Crippen LogP contribution >= 0.6 is 0 Å². The van der Waals surface area contributed by atoms with Crippen LogP contribution in [-0.2, 0) is 7.05 Å². The molecule has 3 heteroatoms. The van der Waals surface area contributed by atoms with E-state index in [1.807, 2.05) is 20.0 Å². The molecule has 0 bridgehead atoms. The largest absolute Gasteiger partial charge is 0.351 e. The number of Topliss-reactive ketones (excluding diaryl/α,β-unsaturated/α-hetero) is 1. The molecule has 0 aliphatic heterocycles. The van der Waals surface area contributed by atoms with Gasteiger partial charge < -0.3 is 4.57 Å². The first-order chi connectivity index (χ1) is 9.54.